The van der Waals surface area contributed by atoms with Gasteiger partial charge in [-0.15, -0.1) is 5.10 Å². The van der Waals surface area contributed by atoms with Crippen molar-refractivity contribution in [3.05, 3.63) is 59.7 Å². The lowest BCUT2D eigenvalue weighted by molar-refractivity contribution is 0.0944. The molecule has 1 fully saturated rings. The lowest BCUT2D eigenvalue weighted by Gasteiger charge is -2.26. The Morgan fingerprint density at radius 2 is 2.19 bits per heavy atom. The number of amides is 1. The van der Waals surface area contributed by atoms with Crippen LogP contribution in [0.15, 0.2) is 42.6 Å². The van der Waals surface area contributed by atoms with Crippen LogP contribution in [-0.4, -0.2) is 40.3 Å². The second kappa shape index (κ2) is 7.30. The molecular formula is C19H19F2N5O. The first kappa shape index (κ1) is 17.4. The molecule has 27 heavy (non-hydrogen) atoms. The number of fused-ring (bicyclic) bond motifs is 1. The maximum Gasteiger partial charge on any atom is 0.271 e. The number of anilines is 1. The summed E-state index contributed by atoms with van der Waals surface area (Å²) in [7, 11) is 0. The largest absolute Gasteiger partial charge is 0.348 e. The lowest BCUT2D eigenvalue weighted by Crippen LogP contribution is -2.28. The molecule has 1 aliphatic rings. The first-order chi connectivity index (χ1) is 13.2. The summed E-state index contributed by atoms with van der Waals surface area (Å²) in [5, 5.41) is 7.06. The van der Waals surface area contributed by atoms with Crippen LogP contribution in [0.1, 0.15) is 34.9 Å². The monoisotopic (exact) mass is 371 g/mol. The predicted molar refractivity (Wildman–Crippen MR) is 97.0 cm³/mol. The van der Waals surface area contributed by atoms with Crippen LogP contribution < -0.4 is 10.2 Å². The maximum atomic E-state index is 13.6. The number of alkyl halides is 1. The molecule has 1 atom stereocenters. The van der Waals surface area contributed by atoms with Crippen LogP contribution in [0.3, 0.4) is 0 Å². The molecule has 6 nitrogen and oxygen atoms in total. The molecule has 1 aromatic carbocycles. The highest BCUT2D eigenvalue weighted by Crippen LogP contribution is 2.35. The van der Waals surface area contributed by atoms with Crippen molar-refractivity contribution < 1.29 is 13.6 Å². The molecule has 0 saturated carbocycles. The molecule has 1 amide bonds. The van der Waals surface area contributed by atoms with Crippen molar-refractivity contribution in [2.24, 2.45) is 0 Å². The highest BCUT2D eigenvalue weighted by atomic mass is 19.1. The summed E-state index contributed by atoms with van der Waals surface area (Å²) in [6.45, 7) is 0.0988. The zero-order chi connectivity index (χ0) is 18.8. The van der Waals surface area contributed by atoms with Gasteiger partial charge in [0.2, 0.25) is 0 Å². The van der Waals surface area contributed by atoms with Crippen molar-refractivity contribution in [3.63, 3.8) is 0 Å². The Labute approximate surface area is 154 Å². The molecule has 1 aliphatic heterocycles. The fraction of sp³-hybridized carbons (Fsp3) is 0.316. The number of imidazole rings is 1. The van der Waals surface area contributed by atoms with Gasteiger partial charge in [0.05, 0.1) is 12.2 Å². The Kier molecular flexibility index (Phi) is 4.70. The quantitative estimate of drug-likeness (QED) is 0.749. The molecule has 0 aliphatic carbocycles. The number of nitrogens with zero attached hydrogens (tertiary/aromatic N) is 4. The third-order valence-electron chi connectivity index (χ3n) is 4.74. The first-order valence-corrected chi connectivity index (χ1v) is 8.88. The van der Waals surface area contributed by atoms with Crippen LogP contribution in [0.25, 0.3) is 5.65 Å². The van der Waals surface area contributed by atoms with Gasteiger partial charge in [0.1, 0.15) is 18.3 Å². The van der Waals surface area contributed by atoms with Gasteiger partial charge in [-0.05, 0) is 42.7 Å². The second-order valence-electron chi connectivity index (χ2n) is 6.46. The molecule has 1 N–H and O–H groups in total. The van der Waals surface area contributed by atoms with Gasteiger partial charge in [-0.2, -0.15) is 0 Å². The minimum atomic E-state index is -0.635. The van der Waals surface area contributed by atoms with E-state index in [4.69, 9.17) is 0 Å². The van der Waals surface area contributed by atoms with E-state index in [9.17, 15) is 13.6 Å². The Morgan fingerprint density at radius 3 is 3.00 bits per heavy atom. The smallest absolute Gasteiger partial charge is 0.271 e. The average molecular weight is 371 g/mol. The van der Waals surface area contributed by atoms with Crippen molar-refractivity contribution in [2.45, 2.75) is 18.9 Å². The average Bonchev–Trinajstić information content (AvgIpc) is 3.32. The van der Waals surface area contributed by atoms with E-state index in [1.54, 1.807) is 18.2 Å². The number of aromatic nitrogens is 3. The van der Waals surface area contributed by atoms with Gasteiger partial charge in [-0.1, -0.05) is 12.1 Å². The van der Waals surface area contributed by atoms with Gasteiger partial charge in [0.25, 0.3) is 5.91 Å². The van der Waals surface area contributed by atoms with Crippen molar-refractivity contribution >= 4 is 17.4 Å². The van der Waals surface area contributed by atoms with Gasteiger partial charge in [-0.25, -0.2) is 18.3 Å². The van der Waals surface area contributed by atoms with E-state index in [1.165, 1.54) is 16.8 Å². The highest BCUT2D eigenvalue weighted by Gasteiger charge is 2.28. The van der Waals surface area contributed by atoms with Gasteiger partial charge >= 0.3 is 0 Å². The third-order valence-corrected chi connectivity index (χ3v) is 4.74. The summed E-state index contributed by atoms with van der Waals surface area (Å²) in [4.78, 5) is 18.5. The van der Waals surface area contributed by atoms with E-state index in [2.05, 4.69) is 20.3 Å². The van der Waals surface area contributed by atoms with Crippen LogP contribution in [-0.2, 0) is 0 Å². The topological polar surface area (TPSA) is 62.5 Å². The number of carbonyl (C=O) groups excluding carboxylic acids is 1. The standard InChI is InChI=1S/C19H19F2N5O/c20-8-9-22-19(27)16-12-23-17-6-7-18(24-26(16)17)25-10-2-5-15(25)13-3-1-4-14(21)11-13/h1,3-4,6-7,11-12,15H,2,5,8-10H2,(H,22,27). The molecule has 1 unspecified atom stereocenters. The Balaban J connectivity index is 1.67. The number of carbonyl (C=O) groups is 1. The highest BCUT2D eigenvalue weighted by molar-refractivity contribution is 5.93. The van der Waals surface area contributed by atoms with E-state index in [0.29, 0.717) is 11.5 Å². The molecule has 8 heteroatoms. The fourth-order valence-corrected chi connectivity index (χ4v) is 3.52. The van der Waals surface area contributed by atoms with Crippen molar-refractivity contribution in [3.8, 4) is 0 Å². The van der Waals surface area contributed by atoms with Crippen LogP contribution in [0.5, 0.6) is 0 Å². The zero-order valence-corrected chi connectivity index (χ0v) is 14.6. The number of hydrogen-bond donors (Lipinski definition) is 1. The summed E-state index contributed by atoms with van der Waals surface area (Å²) in [5.74, 6) is 0.00361. The number of rotatable bonds is 5. The molecule has 3 aromatic rings. The van der Waals surface area contributed by atoms with E-state index in [-0.39, 0.29) is 24.1 Å². The summed E-state index contributed by atoms with van der Waals surface area (Å²) >= 11 is 0. The van der Waals surface area contributed by atoms with Gasteiger partial charge in [-0.3, -0.25) is 4.79 Å². The van der Waals surface area contributed by atoms with Crippen LogP contribution in [0.4, 0.5) is 14.6 Å². The molecule has 4 rings (SSSR count). The zero-order valence-electron chi connectivity index (χ0n) is 14.6. The van der Waals surface area contributed by atoms with E-state index >= 15 is 0 Å². The number of nitrogens with one attached hydrogen (secondary N) is 1. The molecule has 0 bridgehead atoms. The van der Waals surface area contributed by atoms with Crippen LogP contribution in [0.2, 0.25) is 0 Å². The Hall–Kier alpha value is -3.03. The summed E-state index contributed by atoms with van der Waals surface area (Å²) < 4.78 is 27.4. The summed E-state index contributed by atoms with van der Waals surface area (Å²) in [6.07, 6.45) is 3.29. The maximum absolute atomic E-state index is 13.6. The summed E-state index contributed by atoms with van der Waals surface area (Å²) in [5.41, 5.74) is 1.69. The molecule has 0 radical (unpaired) electrons. The van der Waals surface area contributed by atoms with Crippen molar-refractivity contribution in [2.75, 3.05) is 24.7 Å². The molecule has 1 saturated heterocycles. The Morgan fingerprint density at radius 1 is 1.30 bits per heavy atom. The number of halogens is 2. The van der Waals surface area contributed by atoms with E-state index < -0.39 is 12.6 Å². The predicted octanol–water partition coefficient (Wildman–Crippen LogP) is 2.91. The van der Waals surface area contributed by atoms with Crippen molar-refractivity contribution in [1.82, 2.24) is 19.9 Å². The SMILES string of the molecule is O=C(NCCF)c1cnc2ccc(N3CCCC3c3cccc(F)c3)nn12. The minimum absolute atomic E-state index is 0.0259. The van der Waals surface area contributed by atoms with Crippen LogP contribution in [0, 0.1) is 5.82 Å². The molecule has 140 valence electrons. The normalized spacial score (nSPS) is 16.8. The fourth-order valence-electron chi connectivity index (χ4n) is 3.52. The van der Waals surface area contributed by atoms with Crippen LogP contribution >= 0.6 is 0 Å². The lowest BCUT2D eigenvalue weighted by atomic mass is 10.0. The molecule has 2 aromatic heterocycles. The van der Waals surface area contributed by atoms with E-state index in [1.807, 2.05) is 12.1 Å². The third kappa shape index (κ3) is 3.34. The summed E-state index contributed by atoms with van der Waals surface area (Å²) in [6, 6.07) is 10.3. The minimum Gasteiger partial charge on any atom is -0.348 e. The number of benzene rings is 1. The van der Waals surface area contributed by atoms with Crippen molar-refractivity contribution in [1.29, 1.82) is 0 Å². The second-order valence-corrected chi connectivity index (χ2v) is 6.46. The van der Waals surface area contributed by atoms with E-state index in [0.717, 1.165) is 24.9 Å². The van der Waals surface area contributed by atoms with Gasteiger partial charge in [0.15, 0.2) is 11.3 Å². The molecular weight excluding hydrogens is 352 g/mol. The van der Waals surface area contributed by atoms with Gasteiger partial charge in [0, 0.05) is 13.1 Å². The first-order valence-electron chi connectivity index (χ1n) is 8.88. The Bertz CT molecular complexity index is 974. The van der Waals surface area contributed by atoms with Gasteiger partial charge < -0.3 is 10.2 Å². The molecule has 0 spiro atoms. The molecule has 3 heterocycles. The number of hydrogen-bond acceptors (Lipinski definition) is 4.